The summed E-state index contributed by atoms with van der Waals surface area (Å²) in [5.41, 5.74) is 0.394. The van der Waals surface area contributed by atoms with Gasteiger partial charge in [0.25, 0.3) is 5.91 Å². The van der Waals surface area contributed by atoms with E-state index in [1.54, 1.807) is 36.3 Å². The van der Waals surface area contributed by atoms with Crippen molar-refractivity contribution in [3.05, 3.63) is 76.7 Å². The molecule has 7 nitrogen and oxygen atoms in total. The van der Waals surface area contributed by atoms with Crippen LogP contribution in [-0.2, 0) is 9.53 Å². The highest BCUT2D eigenvalue weighted by Gasteiger charge is 2.57. The van der Waals surface area contributed by atoms with Gasteiger partial charge < -0.3 is 20.5 Å². The van der Waals surface area contributed by atoms with Crippen LogP contribution in [0.3, 0.4) is 0 Å². The summed E-state index contributed by atoms with van der Waals surface area (Å²) in [7, 11) is 1.60. The first-order valence-corrected chi connectivity index (χ1v) is 11.5. The molecule has 1 heterocycles. The van der Waals surface area contributed by atoms with Crippen LogP contribution in [-0.4, -0.2) is 42.0 Å². The van der Waals surface area contributed by atoms with Gasteiger partial charge in [-0.15, -0.1) is 11.8 Å². The number of carbonyl (C=O) groups excluding carboxylic acids is 1. The summed E-state index contributed by atoms with van der Waals surface area (Å²) in [6.07, 6.45) is 1.89. The van der Waals surface area contributed by atoms with Gasteiger partial charge >= 0.3 is 5.97 Å². The van der Waals surface area contributed by atoms with Crippen LogP contribution in [0.25, 0.3) is 0 Å². The molecule has 3 rings (SSSR count). The van der Waals surface area contributed by atoms with Gasteiger partial charge in [0, 0.05) is 28.8 Å². The maximum absolute atomic E-state index is 12.9. The second kappa shape index (κ2) is 9.44. The standard InChI is InChI=1S/C23H26ClN3O4S/c1-22(2,14-31-3)23(32-4)26-19(25-20(28)15-10-12-16(24)13-11-15)18(21(29)30)27(23)17-8-6-5-7-9-17/h5-13,26H,14H2,1-4H3,(H,25,28)(H,29,30). The second-order valence-corrected chi connectivity index (χ2v) is 9.39. The normalized spacial score (nSPS) is 18.5. The van der Waals surface area contributed by atoms with E-state index in [0.29, 0.717) is 22.9 Å². The summed E-state index contributed by atoms with van der Waals surface area (Å²) in [5.74, 6) is -1.51. The van der Waals surface area contributed by atoms with Gasteiger partial charge in [0.05, 0.1) is 6.61 Å². The van der Waals surface area contributed by atoms with Crippen LogP contribution >= 0.6 is 23.4 Å². The molecule has 1 aliphatic rings. The fourth-order valence-corrected chi connectivity index (χ4v) is 5.19. The minimum Gasteiger partial charge on any atom is -0.476 e. The third-order valence-corrected chi connectivity index (χ3v) is 7.03. The summed E-state index contributed by atoms with van der Waals surface area (Å²) in [5, 5.41) is 16.8. The minimum absolute atomic E-state index is 0.0583. The van der Waals surface area contributed by atoms with E-state index in [2.05, 4.69) is 10.6 Å². The van der Waals surface area contributed by atoms with Crippen molar-refractivity contribution in [2.75, 3.05) is 24.9 Å². The molecule has 1 amide bonds. The molecule has 32 heavy (non-hydrogen) atoms. The number of amides is 1. The Balaban J connectivity index is 2.14. The Morgan fingerprint density at radius 2 is 1.81 bits per heavy atom. The van der Waals surface area contributed by atoms with E-state index < -0.39 is 22.3 Å². The zero-order valence-corrected chi connectivity index (χ0v) is 19.9. The van der Waals surface area contributed by atoms with E-state index in [1.807, 2.05) is 50.4 Å². The zero-order chi connectivity index (χ0) is 23.5. The number of thioether (sulfide) groups is 1. The fourth-order valence-electron chi connectivity index (χ4n) is 3.87. The number of hydrogen-bond donors (Lipinski definition) is 3. The zero-order valence-electron chi connectivity index (χ0n) is 18.3. The molecule has 1 aliphatic heterocycles. The number of nitrogens with one attached hydrogen (secondary N) is 2. The van der Waals surface area contributed by atoms with Crippen molar-refractivity contribution >= 4 is 40.9 Å². The Kier molecular flexibility index (Phi) is 7.07. The molecule has 0 saturated heterocycles. The molecular formula is C23H26ClN3O4S. The first-order chi connectivity index (χ1) is 15.2. The highest BCUT2D eigenvalue weighted by Crippen LogP contribution is 2.49. The highest BCUT2D eigenvalue weighted by atomic mass is 35.5. The van der Waals surface area contributed by atoms with Gasteiger partial charge in [-0.25, -0.2) is 4.79 Å². The molecule has 0 bridgehead atoms. The molecule has 0 spiro atoms. The van der Waals surface area contributed by atoms with Gasteiger partial charge in [0.15, 0.2) is 10.7 Å². The summed E-state index contributed by atoms with van der Waals surface area (Å²) in [6, 6.07) is 15.6. The van der Waals surface area contributed by atoms with E-state index in [-0.39, 0.29) is 11.5 Å². The number of methoxy groups -OCH3 is 1. The lowest BCUT2D eigenvalue weighted by atomic mass is 9.88. The molecule has 2 aromatic carbocycles. The molecule has 170 valence electrons. The van der Waals surface area contributed by atoms with E-state index in [0.717, 1.165) is 0 Å². The van der Waals surface area contributed by atoms with Crippen LogP contribution in [0.5, 0.6) is 0 Å². The predicted molar refractivity (Wildman–Crippen MR) is 128 cm³/mol. The first-order valence-electron chi connectivity index (χ1n) is 9.89. The number of benzene rings is 2. The van der Waals surface area contributed by atoms with Crippen molar-refractivity contribution in [3.8, 4) is 0 Å². The smallest absolute Gasteiger partial charge is 0.356 e. The molecule has 0 fully saturated rings. The van der Waals surface area contributed by atoms with Gasteiger partial charge in [0.2, 0.25) is 0 Å². The number of carboxylic acids is 1. The van der Waals surface area contributed by atoms with Gasteiger partial charge in [0.1, 0.15) is 5.82 Å². The highest BCUT2D eigenvalue weighted by molar-refractivity contribution is 8.00. The van der Waals surface area contributed by atoms with Crippen molar-refractivity contribution in [2.45, 2.75) is 18.8 Å². The average Bonchev–Trinajstić information content (AvgIpc) is 3.10. The Labute approximate surface area is 196 Å². The summed E-state index contributed by atoms with van der Waals surface area (Å²) >= 11 is 7.36. The number of rotatable bonds is 8. The van der Waals surface area contributed by atoms with Crippen molar-refractivity contribution in [1.82, 2.24) is 10.6 Å². The summed E-state index contributed by atoms with van der Waals surface area (Å²) < 4.78 is 5.48. The third-order valence-electron chi connectivity index (χ3n) is 5.35. The molecule has 9 heteroatoms. The van der Waals surface area contributed by atoms with Gasteiger partial charge in [-0.2, -0.15) is 0 Å². The third kappa shape index (κ3) is 4.30. The number of para-hydroxylation sites is 1. The average molecular weight is 476 g/mol. The first kappa shape index (κ1) is 24.0. The number of carboxylic acid groups (broad SMARTS) is 1. The minimum atomic E-state index is -1.17. The fraction of sp³-hybridized carbons (Fsp3) is 0.304. The Bertz CT molecular complexity index is 1030. The topological polar surface area (TPSA) is 90.9 Å². The summed E-state index contributed by atoms with van der Waals surface area (Å²) in [4.78, 5) is 26.2. The van der Waals surface area contributed by atoms with E-state index in [9.17, 15) is 14.7 Å². The van der Waals surface area contributed by atoms with Crippen LogP contribution in [0, 0.1) is 5.41 Å². The molecule has 1 unspecified atom stereocenters. The number of carbonyl (C=O) groups is 2. The number of ether oxygens (including phenoxy) is 1. The van der Waals surface area contributed by atoms with Crippen molar-refractivity contribution in [1.29, 1.82) is 0 Å². The number of aliphatic carboxylic acids is 1. The number of hydrogen-bond acceptors (Lipinski definition) is 6. The second-order valence-electron chi connectivity index (χ2n) is 7.95. The van der Waals surface area contributed by atoms with Gasteiger partial charge in [-0.05, 0) is 42.7 Å². The lowest BCUT2D eigenvalue weighted by Crippen LogP contribution is -2.62. The molecular weight excluding hydrogens is 450 g/mol. The molecule has 0 aliphatic carbocycles. The molecule has 0 radical (unpaired) electrons. The van der Waals surface area contributed by atoms with Crippen LogP contribution in [0.1, 0.15) is 24.2 Å². The maximum Gasteiger partial charge on any atom is 0.356 e. The number of nitrogens with zero attached hydrogens (tertiary/aromatic N) is 1. The van der Waals surface area contributed by atoms with E-state index >= 15 is 0 Å². The lowest BCUT2D eigenvalue weighted by Gasteiger charge is -2.49. The van der Waals surface area contributed by atoms with E-state index in [1.165, 1.54) is 11.8 Å². The van der Waals surface area contributed by atoms with Crippen LogP contribution in [0.15, 0.2) is 66.1 Å². The Morgan fingerprint density at radius 3 is 2.34 bits per heavy atom. The Morgan fingerprint density at radius 1 is 1.19 bits per heavy atom. The molecule has 0 saturated carbocycles. The molecule has 0 aromatic heterocycles. The molecule has 1 atom stereocenters. The molecule has 2 aromatic rings. The monoisotopic (exact) mass is 475 g/mol. The van der Waals surface area contributed by atoms with Crippen molar-refractivity contribution < 1.29 is 19.4 Å². The maximum atomic E-state index is 12.9. The molecule has 3 N–H and O–H groups in total. The van der Waals surface area contributed by atoms with Crippen molar-refractivity contribution in [2.24, 2.45) is 5.41 Å². The predicted octanol–water partition coefficient (Wildman–Crippen LogP) is 4.12. The lowest BCUT2D eigenvalue weighted by molar-refractivity contribution is -0.132. The van der Waals surface area contributed by atoms with E-state index in [4.69, 9.17) is 16.3 Å². The quantitative estimate of drug-likeness (QED) is 0.529. The van der Waals surface area contributed by atoms with Crippen LogP contribution in [0.2, 0.25) is 5.02 Å². The SMILES string of the molecule is COCC(C)(C)C1(SC)NC(NC(=O)c2ccc(Cl)cc2)=C(C(=O)O)N1c1ccccc1. The largest absolute Gasteiger partial charge is 0.476 e. The van der Waals surface area contributed by atoms with Crippen LogP contribution < -0.4 is 15.5 Å². The number of halogens is 1. The van der Waals surface area contributed by atoms with Crippen LogP contribution in [0.4, 0.5) is 5.69 Å². The number of anilines is 1. The summed E-state index contributed by atoms with van der Waals surface area (Å²) in [6.45, 7) is 4.31. The van der Waals surface area contributed by atoms with Gasteiger partial charge in [-0.3, -0.25) is 9.69 Å². The Hall–Kier alpha value is -2.68. The van der Waals surface area contributed by atoms with Gasteiger partial charge in [-0.1, -0.05) is 43.6 Å². The van der Waals surface area contributed by atoms with Crippen molar-refractivity contribution in [3.63, 3.8) is 0 Å².